The maximum atomic E-state index is 12.1. The van der Waals surface area contributed by atoms with E-state index < -0.39 is 0 Å². The van der Waals surface area contributed by atoms with Gasteiger partial charge in [-0.1, -0.05) is 12.1 Å². The number of carbonyl (C=O) groups excluding carboxylic acids is 1. The van der Waals surface area contributed by atoms with E-state index in [2.05, 4.69) is 48.3 Å². The molecule has 0 saturated carbocycles. The van der Waals surface area contributed by atoms with Gasteiger partial charge >= 0.3 is 0 Å². The van der Waals surface area contributed by atoms with Crippen molar-refractivity contribution in [3.05, 3.63) is 29.8 Å². The Morgan fingerprint density at radius 1 is 1.38 bits per heavy atom. The average molecular weight is 290 g/mol. The van der Waals surface area contributed by atoms with Crippen LogP contribution in [0.15, 0.2) is 24.3 Å². The molecule has 0 aromatic heterocycles. The Morgan fingerprint density at radius 3 is 2.81 bits per heavy atom. The fraction of sp³-hybridized carbons (Fsp3) is 0.588. The van der Waals surface area contributed by atoms with E-state index in [1.165, 1.54) is 11.3 Å². The SMILES string of the molecule is CCN(CCNC(=O)C1CCOCC1)c1cccc(C)c1. The van der Waals surface area contributed by atoms with Gasteiger partial charge in [-0.05, 0) is 44.4 Å². The second-order valence-corrected chi connectivity index (χ2v) is 5.60. The van der Waals surface area contributed by atoms with Gasteiger partial charge in [0, 0.05) is 44.5 Å². The Morgan fingerprint density at radius 2 is 2.14 bits per heavy atom. The summed E-state index contributed by atoms with van der Waals surface area (Å²) in [6.45, 7) is 8.14. The number of likely N-dealkylation sites (N-methyl/N-ethyl adjacent to an activating group) is 1. The minimum atomic E-state index is 0.132. The number of rotatable bonds is 6. The minimum Gasteiger partial charge on any atom is -0.381 e. The van der Waals surface area contributed by atoms with Crippen LogP contribution in [-0.2, 0) is 9.53 Å². The lowest BCUT2D eigenvalue weighted by Crippen LogP contribution is -2.39. The summed E-state index contributed by atoms with van der Waals surface area (Å²) in [5.41, 5.74) is 2.48. The third kappa shape index (κ3) is 4.74. The van der Waals surface area contributed by atoms with E-state index in [0.717, 1.165) is 25.9 Å². The summed E-state index contributed by atoms with van der Waals surface area (Å²) < 4.78 is 5.29. The highest BCUT2D eigenvalue weighted by atomic mass is 16.5. The number of nitrogens with zero attached hydrogens (tertiary/aromatic N) is 1. The number of anilines is 1. The number of aryl methyl sites for hydroxylation is 1. The summed E-state index contributed by atoms with van der Waals surface area (Å²) in [7, 11) is 0. The highest BCUT2D eigenvalue weighted by Gasteiger charge is 2.21. The molecule has 1 aliphatic rings. The van der Waals surface area contributed by atoms with Gasteiger partial charge < -0.3 is 15.0 Å². The molecule has 1 fully saturated rings. The molecule has 0 radical (unpaired) electrons. The number of ether oxygens (including phenoxy) is 1. The van der Waals surface area contributed by atoms with Crippen molar-refractivity contribution in [2.45, 2.75) is 26.7 Å². The maximum Gasteiger partial charge on any atom is 0.223 e. The van der Waals surface area contributed by atoms with E-state index in [4.69, 9.17) is 4.74 Å². The molecule has 1 N–H and O–H groups in total. The summed E-state index contributed by atoms with van der Waals surface area (Å²) in [6.07, 6.45) is 1.70. The Bertz CT molecular complexity index is 456. The normalized spacial score (nSPS) is 15.7. The first kappa shape index (κ1) is 15.8. The average Bonchev–Trinajstić information content (AvgIpc) is 2.52. The smallest absolute Gasteiger partial charge is 0.223 e. The predicted molar refractivity (Wildman–Crippen MR) is 85.6 cm³/mol. The summed E-state index contributed by atoms with van der Waals surface area (Å²) in [4.78, 5) is 14.4. The van der Waals surface area contributed by atoms with Gasteiger partial charge in [0.2, 0.25) is 5.91 Å². The first-order valence-electron chi connectivity index (χ1n) is 7.87. The van der Waals surface area contributed by atoms with E-state index >= 15 is 0 Å². The molecule has 0 atom stereocenters. The molecule has 116 valence electrons. The van der Waals surface area contributed by atoms with Crippen LogP contribution in [0.25, 0.3) is 0 Å². The predicted octanol–water partition coefficient (Wildman–Crippen LogP) is 2.36. The topological polar surface area (TPSA) is 41.6 Å². The van der Waals surface area contributed by atoms with Crippen LogP contribution in [0.1, 0.15) is 25.3 Å². The van der Waals surface area contributed by atoms with E-state index in [0.29, 0.717) is 19.8 Å². The Hall–Kier alpha value is -1.55. The largest absolute Gasteiger partial charge is 0.381 e. The van der Waals surface area contributed by atoms with Crippen molar-refractivity contribution >= 4 is 11.6 Å². The van der Waals surface area contributed by atoms with Gasteiger partial charge in [0.15, 0.2) is 0 Å². The third-order valence-corrected chi connectivity index (χ3v) is 4.02. The minimum absolute atomic E-state index is 0.132. The Balaban J connectivity index is 1.79. The van der Waals surface area contributed by atoms with Crippen LogP contribution in [0.5, 0.6) is 0 Å². The molecule has 1 aromatic carbocycles. The van der Waals surface area contributed by atoms with Gasteiger partial charge in [-0.15, -0.1) is 0 Å². The van der Waals surface area contributed by atoms with Crippen molar-refractivity contribution in [2.75, 3.05) is 37.7 Å². The van der Waals surface area contributed by atoms with Gasteiger partial charge in [-0.3, -0.25) is 4.79 Å². The van der Waals surface area contributed by atoms with Crippen LogP contribution in [-0.4, -0.2) is 38.8 Å². The number of hydrogen-bond donors (Lipinski definition) is 1. The molecule has 0 unspecified atom stereocenters. The number of benzene rings is 1. The zero-order valence-corrected chi connectivity index (χ0v) is 13.1. The molecule has 1 aliphatic heterocycles. The lowest BCUT2D eigenvalue weighted by molar-refractivity contribution is -0.127. The first-order chi connectivity index (χ1) is 10.2. The third-order valence-electron chi connectivity index (χ3n) is 4.02. The molecule has 1 aromatic rings. The summed E-state index contributed by atoms with van der Waals surface area (Å²) in [5.74, 6) is 0.311. The van der Waals surface area contributed by atoms with Crippen molar-refractivity contribution in [2.24, 2.45) is 5.92 Å². The molecule has 0 aliphatic carbocycles. The number of carbonyl (C=O) groups is 1. The maximum absolute atomic E-state index is 12.1. The van der Waals surface area contributed by atoms with Crippen LogP contribution in [0.3, 0.4) is 0 Å². The standard InChI is InChI=1S/C17H26N2O2/c1-3-19(16-6-4-5-14(2)13-16)10-9-18-17(20)15-7-11-21-12-8-15/h4-6,13,15H,3,7-12H2,1-2H3,(H,18,20). The van der Waals surface area contributed by atoms with Crippen molar-refractivity contribution < 1.29 is 9.53 Å². The molecule has 4 nitrogen and oxygen atoms in total. The molecular weight excluding hydrogens is 264 g/mol. The Labute approximate surface area is 127 Å². The number of hydrogen-bond acceptors (Lipinski definition) is 3. The van der Waals surface area contributed by atoms with Crippen LogP contribution >= 0.6 is 0 Å². The molecule has 0 bridgehead atoms. The molecule has 1 saturated heterocycles. The zero-order chi connectivity index (χ0) is 15.1. The first-order valence-corrected chi connectivity index (χ1v) is 7.87. The van der Waals surface area contributed by atoms with E-state index in [1.807, 2.05) is 0 Å². The van der Waals surface area contributed by atoms with E-state index in [9.17, 15) is 4.79 Å². The van der Waals surface area contributed by atoms with Gasteiger partial charge in [0.25, 0.3) is 0 Å². The number of nitrogens with one attached hydrogen (secondary N) is 1. The van der Waals surface area contributed by atoms with Crippen molar-refractivity contribution in [3.63, 3.8) is 0 Å². The highest BCUT2D eigenvalue weighted by Crippen LogP contribution is 2.16. The summed E-state index contributed by atoms with van der Waals surface area (Å²) in [6, 6.07) is 8.48. The summed E-state index contributed by atoms with van der Waals surface area (Å²) in [5, 5.41) is 3.07. The van der Waals surface area contributed by atoms with Gasteiger partial charge in [-0.25, -0.2) is 0 Å². The lowest BCUT2D eigenvalue weighted by Gasteiger charge is -2.25. The van der Waals surface area contributed by atoms with Gasteiger partial charge in [0.1, 0.15) is 0 Å². The second-order valence-electron chi connectivity index (χ2n) is 5.60. The molecule has 21 heavy (non-hydrogen) atoms. The van der Waals surface area contributed by atoms with Crippen molar-refractivity contribution in [1.82, 2.24) is 5.32 Å². The lowest BCUT2D eigenvalue weighted by atomic mass is 9.99. The Kier molecular flexibility index (Phi) is 6.05. The molecule has 4 heteroatoms. The molecular formula is C17H26N2O2. The second kappa shape index (κ2) is 8.03. The fourth-order valence-corrected chi connectivity index (χ4v) is 2.71. The van der Waals surface area contributed by atoms with Crippen LogP contribution in [0.4, 0.5) is 5.69 Å². The number of amides is 1. The molecule has 2 rings (SSSR count). The zero-order valence-electron chi connectivity index (χ0n) is 13.1. The highest BCUT2D eigenvalue weighted by molar-refractivity contribution is 5.78. The van der Waals surface area contributed by atoms with Crippen molar-refractivity contribution in [3.8, 4) is 0 Å². The van der Waals surface area contributed by atoms with E-state index in [1.54, 1.807) is 0 Å². The fourth-order valence-electron chi connectivity index (χ4n) is 2.71. The van der Waals surface area contributed by atoms with Crippen LogP contribution in [0, 0.1) is 12.8 Å². The van der Waals surface area contributed by atoms with E-state index in [-0.39, 0.29) is 11.8 Å². The molecule has 0 spiro atoms. The van der Waals surface area contributed by atoms with Gasteiger partial charge in [-0.2, -0.15) is 0 Å². The van der Waals surface area contributed by atoms with Crippen LogP contribution < -0.4 is 10.2 Å². The molecule has 1 amide bonds. The van der Waals surface area contributed by atoms with Gasteiger partial charge in [0.05, 0.1) is 0 Å². The van der Waals surface area contributed by atoms with Crippen LogP contribution in [0.2, 0.25) is 0 Å². The monoisotopic (exact) mass is 290 g/mol. The quantitative estimate of drug-likeness (QED) is 0.874. The summed E-state index contributed by atoms with van der Waals surface area (Å²) >= 11 is 0. The van der Waals surface area contributed by atoms with Crippen molar-refractivity contribution in [1.29, 1.82) is 0 Å². The molecule has 1 heterocycles.